The Kier molecular flexibility index (Phi) is 4.52. The number of hydrogen-bond donors (Lipinski definition) is 1. The van der Waals surface area contributed by atoms with E-state index in [-0.39, 0.29) is 17.5 Å². The highest BCUT2D eigenvalue weighted by Gasteiger charge is 2.22. The van der Waals surface area contributed by atoms with Crippen LogP contribution in [0.25, 0.3) is 0 Å². The molecule has 2 aromatic rings. The average Bonchev–Trinajstić information content (AvgIpc) is 2.45. The predicted octanol–water partition coefficient (Wildman–Crippen LogP) is 2.85. The van der Waals surface area contributed by atoms with Crippen LogP contribution in [0.1, 0.15) is 29.8 Å². The van der Waals surface area contributed by atoms with Crippen LogP contribution in [-0.4, -0.2) is 21.8 Å². The summed E-state index contributed by atoms with van der Waals surface area (Å²) in [5, 5.41) is 0. The fourth-order valence-corrected chi connectivity index (χ4v) is 2.04. The minimum Gasteiger partial charge on any atom is -0.399 e. The Morgan fingerprint density at radius 3 is 2.71 bits per heavy atom. The highest BCUT2D eigenvalue weighted by atomic mass is 19.1. The predicted molar refractivity (Wildman–Crippen MR) is 80.1 cm³/mol. The van der Waals surface area contributed by atoms with Crippen molar-refractivity contribution in [1.29, 1.82) is 0 Å². The number of amides is 1. The van der Waals surface area contributed by atoms with E-state index in [4.69, 9.17) is 5.73 Å². The molecule has 1 aromatic carbocycles. The Morgan fingerprint density at radius 1 is 1.38 bits per heavy atom. The number of rotatable bonds is 4. The van der Waals surface area contributed by atoms with Gasteiger partial charge in [-0.2, -0.15) is 0 Å². The van der Waals surface area contributed by atoms with E-state index in [0.29, 0.717) is 12.2 Å². The number of hydrogen-bond acceptors (Lipinski definition) is 3. The zero-order valence-electron chi connectivity index (χ0n) is 12.1. The molecule has 4 nitrogen and oxygen atoms in total. The molecular weight excluding hydrogens is 269 g/mol. The normalized spacial score (nSPS) is 10.7. The summed E-state index contributed by atoms with van der Waals surface area (Å²) in [7, 11) is 0. The Labute approximate surface area is 123 Å². The number of nitrogen functional groups attached to an aromatic ring is 1. The molecule has 2 rings (SSSR count). The molecule has 110 valence electrons. The van der Waals surface area contributed by atoms with Crippen molar-refractivity contribution in [3.05, 3.63) is 59.7 Å². The van der Waals surface area contributed by atoms with Crippen molar-refractivity contribution < 1.29 is 9.18 Å². The maximum Gasteiger partial charge on any atom is 0.257 e. The summed E-state index contributed by atoms with van der Waals surface area (Å²) in [4.78, 5) is 18.2. The van der Waals surface area contributed by atoms with Crippen molar-refractivity contribution >= 4 is 11.6 Å². The summed E-state index contributed by atoms with van der Waals surface area (Å²) in [5.74, 6) is -0.955. The van der Waals surface area contributed by atoms with Gasteiger partial charge in [-0.3, -0.25) is 9.78 Å². The van der Waals surface area contributed by atoms with Crippen LogP contribution in [0.4, 0.5) is 10.1 Å². The van der Waals surface area contributed by atoms with Crippen LogP contribution in [0.5, 0.6) is 0 Å². The lowest BCUT2D eigenvalue weighted by molar-refractivity contribution is 0.0685. The molecular formula is C16H18FN3O. The second-order valence-electron chi connectivity index (χ2n) is 5.13. The van der Waals surface area contributed by atoms with Gasteiger partial charge in [-0.15, -0.1) is 0 Å². The van der Waals surface area contributed by atoms with Crippen molar-refractivity contribution in [3.63, 3.8) is 0 Å². The molecule has 1 aromatic heterocycles. The summed E-state index contributed by atoms with van der Waals surface area (Å²) in [5.41, 5.74) is 6.74. The molecule has 0 saturated heterocycles. The van der Waals surface area contributed by atoms with Crippen LogP contribution in [-0.2, 0) is 6.54 Å². The lowest BCUT2D eigenvalue weighted by atomic mass is 10.1. The first-order valence-corrected chi connectivity index (χ1v) is 6.74. The number of aromatic nitrogens is 1. The number of nitrogens with zero attached hydrogens (tertiary/aromatic N) is 2. The number of carbonyl (C=O) groups excluding carboxylic acids is 1. The van der Waals surface area contributed by atoms with Gasteiger partial charge in [0.05, 0.1) is 5.56 Å². The van der Waals surface area contributed by atoms with Gasteiger partial charge in [-0.1, -0.05) is 6.07 Å². The van der Waals surface area contributed by atoms with Gasteiger partial charge in [0.15, 0.2) is 0 Å². The summed E-state index contributed by atoms with van der Waals surface area (Å²) >= 11 is 0. The minimum atomic E-state index is -0.600. The second-order valence-corrected chi connectivity index (χ2v) is 5.13. The van der Waals surface area contributed by atoms with E-state index < -0.39 is 5.82 Å². The fraction of sp³-hybridized carbons (Fsp3) is 0.250. The van der Waals surface area contributed by atoms with Crippen LogP contribution < -0.4 is 5.73 Å². The molecule has 0 atom stereocenters. The van der Waals surface area contributed by atoms with Crippen molar-refractivity contribution in [2.45, 2.75) is 26.4 Å². The molecule has 0 saturated carbocycles. The molecule has 1 heterocycles. The largest absolute Gasteiger partial charge is 0.399 e. The molecule has 2 N–H and O–H groups in total. The fourth-order valence-electron chi connectivity index (χ4n) is 2.04. The Balaban J connectivity index is 2.27. The van der Waals surface area contributed by atoms with E-state index in [9.17, 15) is 9.18 Å². The van der Waals surface area contributed by atoms with Crippen LogP contribution in [0, 0.1) is 5.82 Å². The Morgan fingerprint density at radius 2 is 2.14 bits per heavy atom. The average molecular weight is 287 g/mol. The molecule has 0 aliphatic heterocycles. The molecule has 21 heavy (non-hydrogen) atoms. The SMILES string of the molecule is CC(C)N(Cc1cccnc1)C(=O)c1ccc(N)cc1F. The Hall–Kier alpha value is -2.43. The van der Waals surface area contributed by atoms with Gasteiger partial charge in [0, 0.05) is 30.7 Å². The van der Waals surface area contributed by atoms with E-state index in [1.165, 1.54) is 12.1 Å². The maximum atomic E-state index is 13.9. The molecule has 0 aliphatic rings. The van der Waals surface area contributed by atoms with Gasteiger partial charge in [-0.25, -0.2) is 4.39 Å². The van der Waals surface area contributed by atoms with E-state index in [1.54, 1.807) is 17.3 Å². The van der Waals surface area contributed by atoms with Gasteiger partial charge in [0.25, 0.3) is 5.91 Å². The van der Waals surface area contributed by atoms with Crippen LogP contribution in [0.15, 0.2) is 42.7 Å². The smallest absolute Gasteiger partial charge is 0.257 e. The van der Waals surface area contributed by atoms with Gasteiger partial charge in [0.2, 0.25) is 0 Å². The summed E-state index contributed by atoms with van der Waals surface area (Å²) in [6, 6.07) is 7.74. The topological polar surface area (TPSA) is 59.2 Å². The summed E-state index contributed by atoms with van der Waals surface area (Å²) < 4.78 is 13.9. The van der Waals surface area contributed by atoms with Crippen LogP contribution in [0.2, 0.25) is 0 Å². The van der Waals surface area contributed by atoms with Crippen molar-refractivity contribution in [1.82, 2.24) is 9.88 Å². The number of carbonyl (C=O) groups is 1. The van der Waals surface area contributed by atoms with E-state index in [2.05, 4.69) is 4.98 Å². The zero-order valence-corrected chi connectivity index (χ0v) is 12.1. The highest BCUT2D eigenvalue weighted by Crippen LogP contribution is 2.17. The summed E-state index contributed by atoms with van der Waals surface area (Å²) in [6.45, 7) is 4.17. The standard InChI is InChI=1S/C16H18FN3O/c1-11(2)20(10-12-4-3-7-19-9-12)16(21)14-6-5-13(18)8-15(14)17/h3-9,11H,10,18H2,1-2H3. The van der Waals surface area contributed by atoms with Gasteiger partial charge < -0.3 is 10.6 Å². The van der Waals surface area contributed by atoms with Crippen molar-refractivity contribution in [2.24, 2.45) is 0 Å². The van der Waals surface area contributed by atoms with E-state index in [1.807, 2.05) is 26.0 Å². The zero-order chi connectivity index (χ0) is 15.4. The molecule has 0 unspecified atom stereocenters. The third-order valence-electron chi connectivity index (χ3n) is 3.18. The van der Waals surface area contributed by atoms with E-state index in [0.717, 1.165) is 11.6 Å². The molecule has 0 spiro atoms. The monoisotopic (exact) mass is 287 g/mol. The van der Waals surface area contributed by atoms with Crippen molar-refractivity contribution in [2.75, 3.05) is 5.73 Å². The van der Waals surface area contributed by atoms with Crippen LogP contribution in [0.3, 0.4) is 0 Å². The van der Waals surface area contributed by atoms with Gasteiger partial charge >= 0.3 is 0 Å². The van der Waals surface area contributed by atoms with Gasteiger partial charge in [0.1, 0.15) is 5.82 Å². The number of benzene rings is 1. The molecule has 0 bridgehead atoms. The number of nitrogens with two attached hydrogens (primary N) is 1. The van der Waals surface area contributed by atoms with E-state index >= 15 is 0 Å². The lowest BCUT2D eigenvalue weighted by Gasteiger charge is -2.27. The first-order valence-electron chi connectivity index (χ1n) is 6.74. The third kappa shape index (κ3) is 3.56. The number of anilines is 1. The second kappa shape index (κ2) is 6.35. The number of pyridine rings is 1. The lowest BCUT2D eigenvalue weighted by Crippen LogP contribution is -2.36. The first kappa shape index (κ1) is 15.0. The highest BCUT2D eigenvalue weighted by molar-refractivity contribution is 5.95. The molecule has 0 fully saturated rings. The quantitative estimate of drug-likeness (QED) is 0.880. The maximum absolute atomic E-state index is 13.9. The van der Waals surface area contributed by atoms with Crippen molar-refractivity contribution in [3.8, 4) is 0 Å². The van der Waals surface area contributed by atoms with Crippen LogP contribution >= 0.6 is 0 Å². The molecule has 1 amide bonds. The minimum absolute atomic E-state index is 0.0294. The Bertz CT molecular complexity index is 629. The molecule has 0 aliphatic carbocycles. The first-order chi connectivity index (χ1) is 9.99. The molecule has 5 heteroatoms. The molecule has 0 radical (unpaired) electrons. The summed E-state index contributed by atoms with van der Waals surface area (Å²) in [6.07, 6.45) is 3.37. The third-order valence-corrected chi connectivity index (χ3v) is 3.18. The van der Waals surface area contributed by atoms with Gasteiger partial charge in [-0.05, 0) is 43.7 Å². The number of halogens is 1.